The maximum Gasteiger partial charge on any atom is 0.316 e. The van der Waals surface area contributed by atoms with Crippen LogP contribution in [-0.4, -0.2) is 27.7 Å². The lowest BCUT2D eigenvalue weighted by atomic mass is 9.34. The predicted molar refractivity (Wildman–Crippen MR) is 76.9 cm³/mol. The first-order valence-electron chi connectivity index (χ1n) is 7.83. The molecule has 1 aromatic heterocycles. The van der Waals surface area contributed by atoms with Crippen LogP contribution in [-0.2, 0) is 4.79 Å². The SMILES string of the molecule is O=C(O)CCCCCC12CC(COc3ncc(F)cn3)(C1)C2. The highest BCUT2D eigenvalue weighted by atomic mass is 19.1. The summed E-state index contributed by atoms with van der Waals surface area (Å²) in [4.78, 5) is 18.0. The fourth-order valence-corrected chi connectivity index (χ4v) is 4.20. The molecule has 0 saturated heterocycles. The molecule has 4 rings (SSSR count). The summed E-state index contributed by atoms with van der Waals surface area (Å²) in [7, 11) is 0. The number of ether oxygens (including phenoxy) is 1. The van der Waals surface area contributed by atoms with E-state index in [0.29, 0.717) is 12.0 Å². The largest absolute Gasteiger partial charge is 0.481 e. The quantitative estimate of drug-likeness (QED) is 0.709. The van der Waals surface area contributed by atoms with Crippen LogP contribution in [0.15, 0.2) is 12.4 Å². The van der Waals surface area contributed by atoms with Gasteiger partial charge in [-0.15, -0.1) is 0 Å². The average molecular weight is 308 g/mol. The lowest BCUT2D eigenvalue weighted by Gasteiger charge is -2.71. The number of carbonyl (C=O) groups is 1. The molecule has 0 aromatic carbocycles. The molecular formula is C16H21FN2O3. The molecule has 2 bridgehead atoms. The number of unbranched alkanes of at least 4 members (excludes halogenated alkanes) is 2. The number of halogens is 1. The summed E-state index contributed by atoms with van der Waals surface area (Å²) in [6.07, 6.45) is 10.1. The van der Waals surface area contributed by atoms with Gasteiger partial charge in [0, 0.05) is 11.8 Å². The predicted octanol–water partition coefficient (Wildman–Crippen LogP) is 3.20. The van der Waals surface area contributed by atoms with E-state index in [0.717, 1.165) is 31.7 Å². The maximum atomic E-state index is 12.7. The van der Waals surface area contributed by atoms with Crippen molar-refractivity contribution in [1.29, 1.82) is 0 Å². The van der Waals surface area contributed by atoms with Crippen molar-refractivity contribution in [2.75, 3.05) is 6.61 Å². The number of hydrogen-bond donors (Lipinski definition) is 1. The zero-order valence-corrected chi connectivity index (χ0v) is 12.6. The molecule has 0 radical (unpaired) electrons. The summed E-state index contributed by atoms with van der Waals surface area (Å²) in [5, 5.41) is 8.60. The van der Waals surface area contributed by atoms with Crippen LogP contribution >= 0.6 is 0 Å². The standard InChI is InChI=1S/C16H21FN2O3/c17-12-6-18-14(19-7-12)22-11-16-8-15(9-16,10-16)5-3-1-2-4-13(20)21/h6-7H,1-5,8-11H2,(H,20,21). The molecule has 3 fully saturated rings. The second kappa shape index (κ2) is 5.82. The van der Waals surface area contributed by atoms with Crippen molar-refractivity contribution in [1.82, 2.24) is 9.97 Å². The van der Waals surface area contributed by atoms with Crippen molar-refractivity contribution < 1.29 is 19.0 Å². The van der Waals surface area contributed by atoms with Gasteiger partial charge in [-0.25, -0.2) is 14.4 Å². The van der Waals surface area contributed by atoms with Crippen molar-refractivity contribution in [3.8, 4) is 6.01 Å². The molecule has 0 atom stereocenters. The smallest absolute Gasteiger partial charge is 0.316 e. The van der Waals surface area contributed by atoms with Crippen LogP contribution in [0.3, 0.4) is 0 Å². The minimum absolute atomic E-state index is 0.244. The van der Waals surface area contributed by atoms with E-state index >= 15 is 0 Å². The molecule has 1 N–H and O–H groups in total. The van der Waals surface area contributed by atoms with Crippen molar-refractivity contribution in [2.45, 2.75) is 51.4 Å². The summed E-state index contributed by atoms with van der Waals surface area (Å²) in [5.41, 5.74) is 0.759. The number of aromatic nitrogens is 2. The summed E-state index contributed by atoms with van der Waals surface area (Å²) < 4.78 is 18.3. The Hall–Kier alpha value is -1.72. The third kappa shape index (κ3) is 3.20. The van der Waals surface area contributed by atoms with Crippen LogP contribution in [0, 0.1) is 16.6 Å². The molecule has 6 heteroatoms. The van der Waals surface area contributed by atoms with Crippen molar-refractivity contribution in [3.05, 3.63) is 18.2 Å². The number of carboxylic acids is 1. The van der Waals surface area contributed by atoms with Gasteiger partial charge in [0.25, 0.3) is 0 Å². The Labute approximate surface area is 128 Å². The highest BCUT2D eigenvalue weighted by molar-refractivity contribution is 5.66. The monoisotopic (exact) mass is 308 g/mol. The van der Waals surface area contributed by atoms with Gasteiger partial charge in [0.2, 0.25) is 0 Å². The van der Waals surface area contributed by atoms with Gasteiger partial charge >= 0.3 is 12.0 Å². The van der Waals surface area contributed by atoms with Gasteiger partial charge in [0.15, 0.2) is 5.82 Å². The molecule has 0 unspecified atom stereocenters. The number of hydrogen-bond acceptors (Lipinski definition) is 4. The second-order valence-corrected chi connectivity index (χ2v) is 6.96. The number of aliphatic carboxylic acids is 1. The van der Waals surface area contributed by atoms with Crippen LogP contribution in [0.4, 0.5) is 4.39 Å². The summed E-state index contributed by atoms with van der Waals surface area (Å²) >= 11 is 0. The molecule has 3 aliphatic rings. The maximum absolute atomic E-state index is 12.7. The van der Waals surface area contributed by atoms with Crippen LogP contribution in [0.2, 0.25) is 0 Å². The van der Waals surface area contributed by atoms with E-state index in [1.54, 1.807) is 0 Å². The van der Waals surface area contributed by atoms with E-state index in [4.69, 9.17) is 9.84 Å². The van der Waals surface area contributed by atoms with Crippen LogP contribution < -0.4 is 4.74 Å². The van der Waals surface area contributed by atoms with Gasteiger partial charge in [0.05, 0.1) is 19.0 Å². The van der Waals surface area contributed by atoms with Crippen LogP contribution in [0.5, 0.6) is 6.01 Å². The van der Waals surface area contributed by atoms with Gasteiger partial charge in [-0.3, -0.25) is 4.79 Å². The van der Waals surface area contributed by atoms with Crippen molar-refractivity contribution in [2.24, 2.45) is 10.8 Å². The van der Waals surface area contributed by atoms with E-state index in [2.05, 4.69) is 9.97 Å². The molecule has 0 spiro atoms. The van der Waals surface area contributed by atoms with E-state index in [1.807, 2.05) is 0 Å². The molecule has 1 heterocycles. The highest BCUT2D eigenvalue weighted by Gasteiger charge is 2.67. The van der Waals surface area contributed by atoms with Crippen LogP contribution in [0.1, 0.15) is 51.4 Å². The molecular weight excluding hydrogens is 287 g/mol. The fourth-order valence-electron chi connectivity index (χ4n) is 4.20. The lowest BCUT2D eigenvalue weighted by molar-refractivity contribution is -0.223. The zero-order chi connectivity index (χ0) is 15.6. The summed E-state index contributed by atoms with van der Waals surface area (Å²) in [6.45, 7) is 0.611. The van der Waals surface area contributed by atoms with E-state index in [9.17, 15) is 9.18 Å². The van der Waals surface area contributed by atoms with Gasteiger partial charge in [-0.1, -0.05) is 12.8 Å². The summed E-state index contributed by atoms with van der Waals surface area (Å²) in [6, 6.07) is 0.244. The molecule has 1 aromatic rings. The van der Waals surface area contributed by atoms with E-state index in [-0.39, 0.29) is 17.8 Å². The zero-order valence-electron chi connectivity index (χ0n) is 12.6. The van der Waals surface area contributed by atoms with Crippen molar-refractivity contribution in [3.63, 3.8) is 0 Å². The molecule has 0 aliphatic heterocycles. The Kier molecular flexibility index (Phi) is 4.02. The molecule has 3 aliphatic carbocycles. The number of nitrogens with zero attached hydrogens (tertiary/aromatic N) is 2. The Bertz CT molecular complexity index is 527. The minimum Gasteiger partial charge on any atom is -0.481 e. The molecule has 0 amide bonds. The molecule has 3 saturated carbocycles. The summed E-state index contributed by atoms with van der Waals surface area (Å²) in [5.74, 6) is -1.16. The Morgan fingerprint density at radius 2 is 1.86 bits per heavy atom. The number of rotatable bonds is 9. The first-order chi connectivity index (χ1) is 10.5. The van der Waals surface area contributed by atoms with Gasteiger partial charge in [-0.2, -0.15) is 0 Å². The van der Waals surface area contributed by atoms with Gasteiger partial charge in [0.1, 0.15) is 0 Å². The van der Waals surface area contributed by atoms with E-state index < -0.39 is 11.8 Å². The Morgan fingerprint density at radius 3 is 2.50 bits per heavy atom. The first kappa shape index (κ1) is 15.2. The fraction of sp³-hybridized carbons (Fsp3) is 0.688. The number of carboxylic acid groups (broad SMARTS) is 1. The highest BCUT2D eigenvalue weighted by Crippen LogP contribution is 2.75. The molecule has 120 valence electrons. The average Bonchev–Trinajstić information content (AvgIpc) is 2.40. The third-order valence-electron chi connectivity index (χ3n) is 4.95. The minimum atomic E-state index is -0.704. The van der Waals surface area contributed by atoms with Gasteiger partial charge < -0.3 is 9.84 Å². The first-order valence-corrected chi connectivity index (χ1v) is 7.83. The normalized spacial score (nSPS) is 28.6. The third-order valence-corrected chi connectivity index (χ3v) is 4.95. The molecule has 5 nitrogen and oxygen atoms in total. The Balaban J connectivity index is 1.32. The lowest BCUT2D eigenvalue weighted by Crippen LogP contribution is -2.63. The van der Waals surface area contributed by atoms with E-state index in [1.165, 1.54) is 25.7 Å². The van der Waals surface area contributed by atoms with Crippen molar-refractivity contribution >= 4 is 5.97 Å². The second-order valence-electron chi connectivity index (χ2n) is 6.96. The topological polar surface area (TPSA) is 72.3 Å². The van der Waals surface area contributed by atoms with Crippen LogP contribution in [0.25, 0.3) is 0 Å². The Morgan fingerprint density at radius 1 is 1.18 bits per heavy atom. The molecule has 22 heavy (non-hydrogen) atoms. The van der Waals surface area contributed by atoms with Gasteiger partial charge in [-0.05, 0) is 37.5 Å².